The lowest BCUT2D eigenvalue weighted by Crippen LogP contribution is -2.64. The number of aliphatic hydroxyl groups excluding tert-OH is 1. The van der Waals surface area contributed by atoms with E-state index in [1.165, 1.54) is 0 Å². The second kappa shape index (κ2) is 21.7. The number of esters is 8. The molecular weight excluding hydrogens is 916 g/mol. The average Bonchev–Trinajstić information content (AvgIpc) is 3.61. The zero-order chi connectivity index (χ0) is 50.9. The lowest BCUT2D eigenvalue weighted by atomic mass is 9.44. The Morgan fingerprint density at radius 3 is 1.52 bits per heavy atom. The van der Waals surface area contributed by atoms with Crippen molar-refractivity contribution in [2.45, 2.75) is 180 Å². The van der Waals surface area contributed by atoms with Gasteiger partial charge in [-0.05, 0) is 85.9 Å². The van der Waals surface area contributed by atoms with Crippen molar-refractivity contribution in [2.24, 2.45) is 40.4 Å². The van der Waals surface area contributed by atoms with Crippen LogP contribution in [0.2, 0.25) is 0 Å². The first kappa shape index (κ1) is 53.6. The molecule has 386 valence electrons. The summed E-state index contributed by atoms with van der Waals surface area (Å²) < 4.78 is 67.0. The van der Waals surface area contributed by atoms with E-state index in [2.05, 4.69) is 6.92 Å². The molecule has 6 aliphatic rings. The van der Waals surface area contributed by atoms with E-state index in [-0.39, 0.29) is 34.9 Å². The summed E-state index contributed by atoms with van der Waals surface area (Å²) >= 11 is 0. The second-order valence-electron chi connectivity index (χ2n) is 19.6. The van der Waals surface area contributed by atoms with Gasteiger partial charge in [0.05, 0.1) is 26.4 Å². The van der Waals surface area contributed by atoms with E-state index in [1.54, 1.807) is 0 Å². The summed E-state index contributed by atoms with van der Waals surface area (Å²) in [5.41, 5.74) is -0.986. The molecule has 0 spiro atoms. The van der Waals surface area contributed by atoms with E-state index < -0.39 is 139 Å². The Kier molecular flexibility index (Phi) is 16.8. The van der Waals surface area contributed by atoms with Crippen LogP contribution in [-0.4, -0.2) is 153 Å². The normalized spacial score (nSPS) is 40.2. The van der Waals surface area contributed by atoms with Crippen LogP contribution in [0.5, 0.6) is 0 Å². The summed E-state index contributed by atoms with van der Waals surface area (Å²) in [5, 5.41) is 12.3. The van der Waals surface area contributed by atoms with Gasteiger partial charge in [0.2, 0.25) is 0 Å². The maximum atomic E-state index is 14.3. The van der Waals surface area contributed by atoms with Crippen LogP contribution >= 0.6 is 0 Å². The Morgan fingerprint density at radius 1 is 0.565 bits per heavy atom. The lowest BCUT2D eigenvalue weighted by Gasteiger charge is -2.62. The molecule has 2 saturated heterocycles. The molecule has 69 heavy (non-hydrogen) atoms. The maximum absolute atomic E-state index is 14.3. The maximum Gasteiger partial charge on any atom is 0.339 e. The van der Waals surface area contributed by atoms with Crippen LogP contribution in [0.3, 0.4) is 0 Å². The molecule has 19 atom stereocenters. The number of aliphatic hydroxyl groups is 1. The van der Waals surface area contributed by atoms with Gasteiger partial charge < -0.3 is 61.9 Å². The van der Waals surface area contributed by atoms with E-state index in [0.717, 1.165) is 68.6 Å². The quantitative estimate of drug-likeness (QED) is 0.148. The van der Waals surface area contributed by atoms with Crippen LogP contribution in [-0.2, 0) is 100.0 Å². The Balaban J connectivity index is 1.16. The number of methoxy groups -OCH3 is 2. The number of rotatable bonds is 14. The first-order chi connectivity index (χ1) is 32.4. The van der Waals surface area contributed by atoms with E-state index in [0.29, 0.717) is 38.5 Å². The third-order valence-corrected chi connectivity index (χ3v) is 15.3. The van der Waals surface area contributed by atoms with Gasteiger partial charge in [0.15, 0.2) is 67.2 Å². The summed E-state index contributed by atoms with van der Waals surface area (Å²) in [7, 11) is 2.18. The molecule has 10 unspecified atom stereocenters. The topological polar surface area (TPSA) is 285 Å². The molecule has 0 radical (unpaired) electrons. The highest BCUT2D eigenvalue weighted by molar-refractivity contribution is 5.83. The Morgan fingerprint density at radius 2 is 1.03 bits per heavy atom. The first-order valence-corrected chi connectivity index (χ1v) is 23.4. The molecular formula is C47H66O22. The summed E-state index contributed by atoms with van der Waals surface area (Å²) in [6, 6.07) is 0. The van der Waals surface area contributed by atoms with Crippen LogP contribution in [0, 0.1) is 40.4 Å². The number of hydrogen-bond donors (Lipinski definition) is 1. The molecule has 4 saturated carbocycles. The fourth-order valence-corrected chi connectivity index (χ4v) is 12.9. The number of carbonyl (C=O) groups is 9. The number of carbonyl (C=O) groups excluding carboxylic acids is 9. The SMILES string of the molecule is COC(=O)C1O[C@@H](O[C@@H]2CCC3(C)C(CCC4C5CCC(C(=O)CO[C@H]6OC(C(=O)OC)[C@H](OC(C)=O)[C@@H](OC(C)=O)[C@@H]6OC(C)=O)C5(C)CC(O)C43)C2)[C@H](OC(C)=O)[C@@H](OC(C)=O)[C@@H]1OC(C)=O. The minimum atomic E-state index is -1.69. The van der Waals surface area contributed by atoms with Crippen molar-refractivity contribution in [1.29, 1.82) is 0 Å². The van der Waals surface area contributed by atoms with Crippen molar-refractivity contribution in [2.75, 3.05) is 20.8 Å². The molecule has 22 nitrogen and oxygen atoms in total. The van der Waals surface area contributed by atoms with Crippen molar-refractivity contribution >= 4 is 53.5 Å². The number of fused-ring (bicyclic) bond motifs is 5. The molecule has 2 aliphatic heterocycles. The Bertz CT molecular complexity index is 1990. The molecule has 0 aromatic heterocycles. The molecule has 0 aromatic carbocycles. The highest BCUT2D eigenvalue weighted by Gasteiger charge is 2.65. The van der Waals surface area contributed by atoms with Crippen LogP contribution in [0.1, 0.15) is 107 Å². The number of Topliss-reactive ketones (excluding diaryl/α,β-unsaturated/α-hetero) is 1. The van der Waals surface area contributed by atoms with Crippen molar-refractivity contribution in [1.82, 2.24) is 0 Å². The summed E-state index contributed by atoms with van der Waals surface area (Å²) in [6.45, 7) is 10.2. The minimum Gasteiger partial charge on any atom is -0.467 e. The van der Waals surface area contributed by atoms with Gasteiger partial charge in [0.1, 0.15) is 6.61 Å². The van der Waals surface area contributed by atoms with Gasteiger partial charge in [-0.25, -0.2) is 9.59 Å². The van der Waals surface area contributed by atoms with Gasteiger partial charge in [0.25, 0.3) is 0 Å². The summed E-state index contributed by atoms with van der Waals surface area (Å²) in [4.78, 5) is 114. The van der Waals surface area contributed by atoms with Crippen LogP contribution in [0.25, 0.3) is 0 Å². The van der Waals surface area contributed by atoms with Crippen LogP contribution < -0.4 is 0 Å². The van der Waals surface area contributed by atoms with E-state index in [4.69, 9.17) is 56.8 Å². The molecule has 22 heteroatoms. The van der Waals surface area contributed by atoms with E-state index >= 15 is 0 Å². The van der Waals surface area contributed by atoms with E-state index in [9.17, 15) is 48.3 Å². The van der Waals surface area contributed by atoms with Gasteiger partial charge in [0, 0.05) is 47.5 Å². The number of ether oxygens (including phenoxy) is 12. The third-order valence-electron chi connectivity index (χ3n) is 15.3. The fraction of sp³-hybridized carbons (Fsp3) is 0.809. The predicted octanol–water partition coefficient (Wildman–Crippen LogP) is 1.97. The van der Waals surface area contributed by atoms with Gasteiger partial charge >= 0.3 is 47.8 Å². The smallest absolute Gasteiger partial charge is 0.339 e. The summed E-state index contributed by atoms with van der Waals surface area (Å²) in [5.74, 6) is -7.70. The van der Waals surface area contributed by atoms with Crippen molar-refractivity contribution < 1.29 is 105 Å². The van der Waals surface area contributed by atoms with Gasteiger partial charge in [-0.3, -0.25) is 33.6 Å². The van der Waals surface area contributed by atoms with Gasteiger partial charge in [-0.1, -0.05) is 13.8 Å². The van der Waals surface area contributed by atoms with Crippen LogP contribution in [0.15, 0.2) is 0 Å². The molecule has 0 aromatic rings. The molecule has 4 aliphatic carbocycles. The van der Waals surface area contributed by atoms with Gasteiger partial charge in [-0.2, -0.15) is 0 Å². The fourth-order valence-electron chi connectivity index (χ4n) is 12.9. The number of ketones is 1. The molecule has 6 rings (SSSR count). The number of hydrogen-bond acceptors (Lipinski definition) is 22. The molecule has 0 amide bonds. The minimum absolute atomic E-state index is 0.0553. The molecule has 2 heterocycles. The van der Waals surface area contributed by atoms with Crippen molar-refractivity contribution in [3.63, 3.8) is 0 Å². The zero-order valence-corrected chi connectivity index (χ0v) is 40.7. The zero-order valence-electron chi connectivity index (χ0n) is 40.7. The largest absolute Gasteiger partial charge is 0.467 e. The van der Waals surface area contributed by atoms with Gasteiger partial charge in [-0.15, -0.1) is 0 Å². The van der Waals surface area contributed by atoms with Crippen molar-refractivity contribution in [3.05, 3.63) is 0 Å². The third kappa shape index (κ3) is 11.2. The van der Waals surface area contributed by atoms with Crippen LogP contribution in [0.4, 0.5) is 0 Å². The highest BCUT2D eigenvalue weighted by atomic mass is 16.8. The van der Waals surface area contributed by atoms with E-state index in [1.807, 2.05) is 6.92 Å². The monoisotopic (exact) mass is 982 g/mol. The second-order valence-corrected chi connectivity index (χ2v) is 19.6. The predicted molar refractivity (Wildman–Crippen MR) is 227 cm³/mol. The Labute approximate surface area is 399 Å². The average molecular weight is 983 g/mol. The molecule has 0 bridgehead atoms. The van der Waals surface area contributed by atoms with Crippen molar-refractivity contribution in [3.8, 4) is 0 Å². The molecule has 1 N–H and O–H groups in total. The lowest BCUT2D eigenvalue weighted by molar-refractivity contribution is -0.315. The highest BCUT2D eigenvalue weighted by Crippen LogP contribution is 2.67. The first-order valence-electron chi connectivity index (χ1n) is 23.4. The molecule has 6 fully saturated rings. The Hall–Kier alpha value is -4.77. The summed E-state index contributed by atoms with van der Waals surface area (Å²) in [6.07, 6.45) is -12.1. The standard InChI is InChI=1S/C47H66O22/c1-20(48)61-34-36(63-22(3)50)40(65-24(5)52)44(68-38(34)42(56)58-9)60-19-32(55)30-14-13-29-28-12-11-26-17-27(15-16-46(26,7)33(28)31(54)18-47(29,30)8)67-45-41(66-25(6)53)37(64-23(4)51)35(62-21(2)49)39(69-45)43(57)59-10/h26-31,33-41,44-45,54H,11-19H2,1-10H3/t26?,27-,28?,29?,30?,31?,33?,34-,35+,36-,37+,38?,39?,40+,41-,44+,45-,46?,47?/m1/s1.